The monoisotopic (exact) mass is 420 g/mol. The Bertz CT molecular complexity index is 1170. The predicted octanol–water partition coefficient (Wildman–Crippen LogP) is 1.67. The Morgan fingerprint density at radius 3 is 2.77 bits per heavy atom. The molecular weight excluding hydrogens is 396 g/mol. The van der Waals surface area contributed by atoms with Crippen LogP contribution in [0.5, 0.6) is 0 Å². The molecule has 160 valence electrons. The summed E-state index contributed by atoms with van der Waals surface area (Å²) in [5.74, 6) is -0.162. The van der Waals surface area contributed by atoms with E-state index in [1.165, 1.54) is 6.07 Å². The van der Waals surface area contributed by atoms with E-state index in [2.05, 4.69) is 4.98 Å². The van der Waals surface area contributed by atoms with Crippen molar-refractivity contribution < 1.29 is 20.0 Å². The summed E-state index contributed by atoms with van der Waals surface area (Å²) in [7, 11) is 0. The number of rotatable bonds is 4. The molecule has 2 amide bonds. The largest absolute Gasteiger partial charge is 0.595 e. The van der Waals surface area contributed by atoms with E-state index in [1.54, 1.807) is 21.9 Å². The summed E-state index contributed by atoms with van der Waals surface area (Å²) >= 11 is 0. The van der Waals surface area contributed by atoms with E-state index in [9.17, 15) is 20.0 Å². The second-order valence-corrected chi connectivity index (χ2v) is 8.18. The molecule has 0 aliphatic carbocycles. The molecule has 8 heteroatoms. The third-order valence-electron chi connectivity index (χ3n) is 6.29. The molecule has 2 aliphatic rings. The molecule has 3 heterocycles. The van der Waals surface area contributed by atoms with Crippen LogP contribution in [0, 0.1) is 5.21 Å². The average molecular weight is 420 g/mol. The Morgan fingerprint density at radius 2 is 2.00 bits per heavy atom. The van der Waals surface area contributed by atoms with Gasteiger partial charge in [-0.25, -0.2) is 5.21 Å². The van der Waals surface area contributed by atoms with Gasteiger partial charge in [0.15, 0.2) is 5.69 Å². The van der Waals surface area contributed by atoms with Crippen molar-refractivity contribution >= 4 is 28.4 Å². The Hall–Kier alpha value is -3.20. The van der Waals surface area contributed by atoms with E-state index < -0.39 is 17.3 Å². The zero-order valence-electron chi connectivity index (χ0n) is 17.2. The van der Waals surface area contributed by atoms with Crippen molar-refractivity contribution in [2.45, 2.75) is 31.8 Å². The Balaban J connectivity index is 1.71. The number of hydrogen-bond donors (Lipinski definition) is 3. The quantitative estimate of drug-likeness (QED) is 0.559. The standard InChI is InChI=1S/C23H24N4O4/c1-2-10-25-13-20(28)26-19(23(25)29)12-17-16-8-3-4-9-18(16)24-21(17)22(26)14-6-5-7-15(11-14)27(30)31/h3-9,11,19,22,24,27,30H,2,10,12-13H2,1H3/t19-,22?/m0/s1. The minimum Gasteiger partial charge on any atom is -0.595 e. The number of aromatic nitrogens is 1. The van der Waals surface area contributed by atoms with E-state index in [-0.39, 0.29) is 24.0 Å². The molecule has 3 N–H and O–H groups in total. The highest BCUT2D eigenvalue weighted by Crippen LogP contribution is 2.42. The maximum Gasteiger partial charge on any atom is 0.246 e. The fourth-order valence-corrected chi connectivity index (χ4v) is 4.97. The van der Waals surface area contributed by atoms with E-state index in [1.807, 2.05) is 37.3 Å². The Labute approximate surface area is 179 Å². The van der Waals surface area contributed by atoms with Crippen LogP contribution in [0.15, 0.2) is 48.5 Å². The lowest BCUT2D eigenvalue weighted by atomic mass is 9.86. The summed E-state index contributed by atoms with van der Waals surface area (Å²) in [5.41, 5.74) is 3.65. The molecule has 31 heavy (non-hydrogen) atoms. The molecule has 8 nitrogen and oxygen atoms in total. The van der Waals surface area contributed by atoms with Gasteiger partial charge in [-0.05, 0) is 23.6 Å². The number of aromatic amines is 1. The van der Waals surface area contributed by atoms with Crippen molar-refractivity contribution in [1.82, 2.24) is 14.8 Å². The summed E-state index contributed by atoms with van der Waals surface area (Å²) in [6.45, 7) is 2.59. The number of fused-ring (bicyclic) bond motifs is 4. The topological polar surface area (TPSA) is 104 Å². The van der Waals surface area contributed by atoms with Crippen molar-refractivity contribution in [2.75, 3.05) is 13.1 Å². The van der Waals surface area contributed by atoms with Crippen LogP contribution < -0.4 is 5.23 Å². The number of nitrogens with zero attached hydrogens (tertiary/aromatic N) is 2. The molecule has 2 unspecified atom stereocenters. The van der Waals surface area contributed by atoms with Crippen molar-refractivity contribution in [3.63, 3.8) is 0 Å². The molecule has 5 rings (SSSR count). The summed E-state index contributed by atoms with van der Waals surface area (Å²) in [6.07, 6.45) is 1.23. The molecule has 0 saturated carbocycles. The number of piperazine rings is 1. The maximum absolute atomic E-state index is 13.3. The van der Waals surface area contributed by atoms with E-state index in [0.29, 0.717) is 18.5 Å². The molecule has 2 aliphatic heterocycles. The van der Waals surface area contributed by atoms with Crippen LogP contribution in [0.1, 0.15) is 36.2 Å². The molecule has 3 aromatic rings. The van der Waals surface area contributed by atoms with Gasteiger partial charge in [0.05, 0.1) is 12.6 Å². The minimum absolute atomic E-state index is 0.0447. The van der Waals surface area contributed by atoms with Crippen molar-refractivity contribution in [3.8, 4) is 0 Å². The first-order valence-electron chi connectivity index (χ1n) is 10.5. The third kappa shape index (κ3) is 3.11. The number of carbonyl (C=O) groups is 2. The lowest BCUT2D eigenvalue weighted by Gasteiger charge is -2.47. The van der Waals surface area contributed by atoms with Gasteiger partial charge in [-0.15, -0.1) is 0 Å². The maximum atomic E-state index is 13.3. The highest BCUT2D eigenvalue weighted by atomic mass is 16.8. The third-order valence-corrected chi connectivity index (χ3v) is 6.29. The zero-order valence-corrected chi connectivity index (χ0v) is 17.2. The first-order chi connectivity index (χ1) is 15.0. The van der Waals surface area contributed by atoms with Gasteiger partial charge < -0.3 is 20.0 Å². The SMILES string of the molecule is CCCN1CC(=O)N2C(c3cccc([NH+]([O-])O)c3)c3[nH]c4ccccc4c3C[C@H]2C1=O. The smallest absolute Gasteiger partial charge is 0.246 e. The molecule has 3 atom stereocenters. The number of quaternary nitrogens is 1. The predicted molar refractivity (Wildman–Crippen MR) is 114 cm³/mol. The van der Waals surface area contributed by atoms with Gasteiger partial charge in [0.25, 0.3) is 0 Å². The minimum atomic E-state index is -1.03. The van der Waals surface area contributed by atoms with Gasteiger partial charge in [-0.3, -0.25) is 9.59 Å². The average Bonchev–Trinajstić information content (AvgIpc) is 3.14. The normalized spacial score (nSPS) is 21.9. The Kier molecular flexibility index (Phi) is 4.77. The summed E-state index contributed by atoms with van der Waals surface area (Å²) < 4.78 is 0. The van der Waals surface area contributed by atoms with Gasteiger partial charge >= 0.3 is 0 Å². The summed E-state index contributed by atoms with van der Waals surface area (Å²) in [4.78, 5) is 33.4. The van der Waals surface area contributed by atoms with Crippen LogP contribution in [0.4, 0.5) is 5.69 Å². The second-order valence-electron chi connectivity index (χ2n) is 8.18. The molecule has 1 saturated heterocycles. The van der Waals surface area contributed by atoms with Crippen LogP contribution in [0.2, 0.25) is 0 Å². The van der Waals surface area contributed by atoms with Gasteiger partial charge in [-0.2, -0.15) is 5.23 Å². The number of nitrogens with one attached hydrogen (secondary N) is 2. The van der Waals surface area contributed by atoms with Crippen LogP contribution in [0.25, 0.3) is 10.9 Å². The van der Waals surface area contributed by atoms with Crippen LogP contribution in [-0.4, -0.2) is 50.9 Å². The van der Waals surface area contributed by atoms with Crippen LogP contribution in [-0.2, 0) is 16.0 Å². The molecular formula is C23H24N4O4. The number of benzene rings is 2. The van der Waals surface area contributed by atoms with Crippen LogP contribution >= 0.6 is 0 Å². The van der Waals surface area contributed by atoms with Gasteiger partial charge in [0.1, 0.15) is 6.04 Å². The number of amides is 2. The molecule has 1 aromatic heterocycles. The summed E-state index contributed by atoms with van der Waals surface area (Å²) in [5, 5.41) is 21.1. The molecule has 1 fully saturated rings. The van der Waals surface area contributed by atoms with Crippen molar-refractivity contribution in [2.24, 2.45) is 0 Å². The number of hydrogen-bond acceptors (Lipinski definition) is 4. The number of para-hydroxylation sites is 1. The fourth-order valence-electron chi connectivity index (χ4n) is 4.97. The van der Waals surface area contributed by atoms with Crippen molar-refractivity contribution in [3.05, 3.63) is 70.6 Å². The second kappa shape index (κ2) is 7.49. The van der Waals surface area contributed by atoms with Crippen LogP contribution in [0.3, 0.4) is 0 Å². The van der Waals surface area contributed by atoms with E-state index >= 15 is 0 Å². The van der Waals surface area contributed by atoms with E-state index in [4.69, 9.17) is 0 Å². The fraction of sp³-hybridized carbons (Fsp3) is 0.304. The lowest BCUT2D eigenvalue weighted by molar-refractivity contribution is -0.991. The highest BCUT2D eigenvalue weighted by molar-refractivity contribution is 5.97. The lowest BCUT2D eigenvalue weighted by Crippen LogP contribution is -2.99. The number of carbonyl (C=O) groups excluding carboxylic acids is 2. The van der Waals surface area contributed by atoms with Crippen molar-refractivity contribution in [1.29, 1.82) is 0 Å². The summed E-state index contributed by atoms with van der Waals surface area (Å²) in [6, 6.07) is 13.4. The first-order valence-corrected chi connectivity index (χ1v) is 10.5. The van der Waals surface area contributed by atoms with Gasteiger partial charge in [0.2, 0.25) is 11.8 Å². The molecule has 0 radical (unpaired) electrons. The van der Waals surface area contributed by atoms with Gasteiger partial charge in [0, 0.05) is 41.7 Å². The molecule has 0 spiro atoms. The zero-order chi connectivity index (χ0) is 21.7. The molecule has 0 bridgehead atoms. The highest BCUT2D eigenvalue weighted by Gasteiger charge is 2.48. The van der Waals surface area contributed by atoms with E-state index in [0.717, 1.165) is 28.6 Å². The Morgan fingerprint density at radius 1 is 1.19 bits per heavy atom. The van der Waals surface area contributed by atoms with Gasteiger partial charge in [-0.1, -0.05) is 37.3 Å². The number of H-pyrrole nitrogens is 1. The first kappa shape index (κ1) is 19.7. The molecule has 2 aromatic carbocycles.